The lowest BCUT2D eigenvalue weighted by atomic mass is 9.81. The number of ketones is 2. The Morgan fingerprint density at radius 2 is 1.28 bits per heavy atom. The van der Waals surface area contributed by atoms with E-state index in [4.69, 9.17) is 5.73 Å². The van der Waals surface area contributed by atoms with Crippen molar-refractivity contribution in [2.75, 3.05) is 70.7 Å². The fourth-order valence-electron chi connectivity index (χ4n) is 3.47. The molecule has 0 aliphatic heterocycles. The van der Waals surface area contributed by atoms with E-state index in [9.17, 15) is 9.59 Å². The summed E-state index contributed by atoms with van der Waals surface area (Å²) < 4.78 is 0. The third-order valence-electron chi connectivity index (χ3n) is 4.98. The van der Waals surface area contributed by atoms with Crippen LogP contribution in [0.1, 0.15) is 31.8 Å². The first-order valence-electron chi connectivity index (χ1n) is 9.73. The SMILES string of the molecule is CN(C)CCNc1ccc(NCCN(C)C)c2c1C(=O)c1cccc(N)c1C2=O. The van der Waals surface area contributed by atoms with Crippen LogP contribution in [0.15, 0.2) is 30.3 Å². The molecule has 4 N–H and O–H groups in total. The number of hydrogen-bond acceptors (Lipinski definition) is 7. The molecule has 29 heavy (non-hydrogen) atoms. The zero-order chi connectivity index (χ0) is 21.1. The molecule has 7 nitrogen and oxygen atoms in total. The van der Waals surface area contributed by atoms with Crippen molar-refractivity contribution in [3.63, 3.8) is 0 Å². The minimum Gasteiger partial charge on any atom is -0.398 e. The first-order valence-corrected chi connectivity index (χ1v) is 9.73. The van der Waals surface area contributed by atoms with Crippen LogP contribution in [0, 0.1) is 0 Å². The molecule has 0 spiro atoms. The Morgan fingerprint density at radius 1 is 0.759 bits per heavy atom. The van der Waals surface area contributed by atoms with Crippen molar-refractivity contribution in [2.24, 2.45) is 0 Å². The molecule has 1 aliphatic rings. The lowest BCUT2D eigenvalue weighted by Gasteiger charge is -2.25. The number of likely N-dealkylation sites (N-methyl/N-ethyl adjacent to an activating group) is 2. The summed E-state index contributed by atoms with van der Waals surface area (Å²) in [5.74, 6) is -0.387. The summed E-state index contributed by atoms with van der Waals surface area (Å²) in [6.07, 6.45) is 0. The summed E-state index contributed by atoms with van der Waals surface area (Å²) in [5.41, 5.74) is 9.21. The van der Waals surface area contributed by atoms with E-state index in [0.717, 1.165) is 13.1 Å². The van der Waals surface area contributed by atoms with Crippen LogP contribution in [0.3, 0.4) is 0 Å². The fraction of sp³-hybridized carbons (Fsp3) is 0.364. The second kappa shape index (κ2) is 8.63. The molecule has 2 aromatic rings. The van der Waals surface area contributed by atoms with Crippen molar-refractivity contribution in [2.45, 2.75) is 0 Å². The average molecular weight is 396 g/mol. The van der Waals surface area contributed by atoms with Gasteiger partial charge in [0.2, 0.25) is 0 Å². The molecule has 0 bridgehead atoms. The van der Waals surface area contributed by atoms with Crippen molar-refractivity contribution in [3.8, 4) is 0 Å². The average Bonchev–Trinajstić information content (AvgIpc) is 2.66. The topological polar surface area (TPSA) is 90.7 Å². The highest BCUT2D eigenvalue weighted by Gasteiger charge is 2.35. The van der Waals surface area contributed by atoms with Gasteiger partial charge in [-0.3, -0.25) is 9.59 Å². The molecular formula is C22H29N5O2. The van der Waals surface area contributed by atoms with Gasteiger partial charge in [0.05, 0.1) is 16.7 Å². The number of nitrogens with two attached hydrogens (primary N) is 1. The van der Waals surface area contributed by atoms with Crippen molar-refractivity contribution in [3.05, 3.63) is 52.6 Å². The largest absolute Gasteiger partial charge is 0.398 e. The summed E-state index contributed by atoms with van der Waals surface area (Å²) in [7, 11) is 7.95. The van der Waals surface area contributed by atoms with E-state index in [2.05, 4.69) is 20.4 Å². The van der Waals surface area contributed by atoms with Gasteiger partial charge in [-0.25, -0.2) is 0 Å². The van der Waals surface area contributed by atoms with Gasteiger partial charge in [-0.05, 0) is 46.4 Å². The van der Waals surface area contributed by atoms with Crippen molar-refractivity contribution < 1.29 is 9.59 Å². The number of benzene rings is 2. The number of fused-ring (bicyclic) bond motifs is 2. The Labute approximate surface area is 171 Å². The number of rotatable bonds is 8. The van der Waals surface area contributed by atoms with Gasteiger partial charge < -0.3 is 26.2 Å². The molecule has 0 fully saturated rings. The summed E-state index contributed by atoms with van der Waals surface area (Å²) in [6, 6.07) is 8.78. The molecule has 0 saturated carbocycles. The van der Waals surface area contributed by atoms with Gasteiger partial charge in [0.25, 0.3) is 0 Å². The zero-order valence-electron chi connectivity index (χ0n) is 17.5. The highest BCUT2D eigenvalue weighted by Crippen LogP contribution is 2.38. The van der Waals surface area contributed by atoms with Crippen LogP contribution in [-0.2, 0) is 0 Å². The van der Waals surface area contributed by atoms with E-state index in [1.54, 1.807) is 18.2 Å². The molecule has 0 atom stereocenters. The standard InChI is InChI=1S/C22H29N5O2/c1-26(2)12-10-24-16-8-9-17(25-11-13-27(3)4)20-19(16)21(28)14-6-5-7-15(23)18(14)22(20)29/h5-9,24-25H,10-13,23H2,1-4H3. The Kier molecular flexibility index (Phi) is 6.20. The van der Waals surface area contributed by atoms with Gasteiger partial charge in [0, 0.05) is 48.8 Å². The Balaban J connectivity index is 2.06. The number of hydrogen-bond donors (Lipinski definition) is 3. The quantitative estimate of drug-likeness (QED) is 0.503. The van der Waals surface area contributed by atoms with Gasteiger partial charge in [-0.2, -0.15) is 0 Å². The third-order valence-corrected chi connectivity index (χ3v) is 4.98. The second-order valence-electron chi connectivity index (χ2n) is 7.80. The van der Waals surface area contributed by atoms with E-state index in [-0.39, 0.29) is 11.6 Å². The monoisotopic (exact) mass is 395 g/mol. The van der Waals surface area contributed by atoms with E-state index in [0.29, 0.717) is 52.4 Å². The van der Waals surface area contributed by atoms with Crippen LogP contribution in [0.4, 0.5) is 17.1 Å². The van der Waals surface area contributed by atoms with E-state index in [1.807, 2.05) is 40.3 Å². The Bertz CT molecular complexity index is 937. The molecule has 0 amide bonds. The minimum atomic E-state index is -0.212. The van der Waals surface area contributed by atoms with E-state index < -0.39 is 0 Å². The maximum Gasteiger partial charge on any atom is 0.198 e. The first-order chi connectivity index (χ1) is 13.8. The number of nitrogen functional groups attached to an aromatic ring is 1. The maximum atomic E-state index is 13.4. The van der Waals surface area contributed by atoms with Crippen LogP contribution in [0.5, 0.6) is 0 Å². The number of nitrogens with one attached hydrogen (secondary N) is 2. The van der Waals surface area contributed by atoms with Crippen LogP contribution < -0.4 is 16.4 Å². The highest BCUT2D eigenvalue weighted by molar-refractivity contribution is 6.33. The summed E-state index contributed by atoms with van der Waals surface area (Å²) in [4.78, 5) is 30.9. The lowest BCUT2D eigenvalue weighted by Crippen LogP contribution is -2.28. The molecule has 154 valence electrons. The third kappa shape index (κ3) is 4.26. The molecule has 1 aliphatic carbocycles. The predicted molar refractivity (Wildman–Crippen MR) is 118 cm³/mol. The lowest BCUT2D eigenvalue weighted by molar-refractivity contribution is 0.0981. The van der Waals surface area contributed by atoms with Crippen molar-refractivity contribution >= 4 is 28.6 Å². The molecule has 7 heteroatoms. The molecule has 2 aromatic carbocycles. The molecular weight excluding hydrogens is 366 g/mol. The number of nitrogens with zero attached hydrogens (tertiary/aromatic N) is 2. The normalized spacial score (nSPS) is 12.9. The predicted octanol–water partition coefficient (Wildman–Crippen LogP) is 1.99. The van der Waals surface area contributed by atoms with Gasteiger partial charge in [-0.1, -0.05) is 12.1 Å². The molecule has 3 rings (SSSR count). The smallest absolute Gasteiger partial charge is 0.198 e. The van der Waals surface area contributed by atoms with Crippen LogP contribution >= 0.6 is 0 Å². The zero-order valence-corrected chi connectivity index (χ0v) is 17.5. The molecule has 0 aromatic heterocycles. The minimum absolute atomic E-state index is 0.175. The van der Waals surface area contributed by atoms with Gasteiger partial charge >= 0.3 is 0 Å². The number of carbonyl (C=O) groups excluding carboxylic acids is 2. The fourth-order valence-corrected chi connectivity index (χ4v) is 3.47. The van der Waals surface area contributed by atoms with E-state index >= 15 is 0 Å². The maximum absolute atomic E-state index is 13.4. The Morgan fingerprint density at radius 3 is 1.79 bits per heavy atom. The van der Waals surface area contributed by atoms with Crippen LogP contribution in [-0.4, -0.2) is 75.7 Å². The summed E-state index contributed by atoms with van der Waals surface area (Å²) >= 11 is 0. The van der Waals surface area contributed by atoms with Crippen molar-refractivity contribution in [1.82, 2.24) is 9.80 Å². The first kappa shape index (κ1) is 20.8. The molecule has 0 heterocycles. The van der Waals surface area contributed by atoms with Crippen molar-refractivity contribution in [1.29, 1.82) is 0 Å². The van der Waals surface area contributed by atoms with Crippen LogP contribution in [0.25, 0.3) is 0 Å². The summed E-state index contributed by atoms with van der Waals surface area (Å²) in [5, 5.41) is 6.64. The van der Waals surface area contributed by atoms with Crippen LogP contribution in [0.2, 0.25) is 0 Å². The van der Waals surface area contributed by atoms with E-state index in [1.165, 1.54) is 0 Å². The van der Waals surface area contributed by atoms with Gasteiger partial charge in [0.15, 0.2) is 11.6 Å². The number of anilines is 3. The van der Waals surface area contributed by atoms with Gasteiger partial charge in [-0.15, -0.1) is 0 Å². The van der Waals surface area contributed by atoms with Gasteiger partial charge in [0.1, 0.15) is 0 Å². The second-order valence-corrected chi connectivity index (χ2v) is 7.80. The Hall–Kier alpha value is -2.90. The molecule has 0 radical (unpaired) electrons. The molecule has 0 saturated heterocycles. The highest BCUT2D eigenvalue weighted by atomic mass is 16.1. The molecule has 0 unspecified atom stereocenters. The summed E-state index contributed by atoms with van der Waals surface area (Å²) in [6.45, 7) is 2.94. The number of carbonyl (C=O) groups is 2.